The summed E-state index contributed by atoms with van der Waals surface area (Å²) in [6.07, 6.45) is 0.327. The van der Waals surface area contributed by atoms with Crippen LogP contribution < -0.4 is 19.9 Å². The molecule has 26 heavy (non-hydrogen) atoms. The monoisotopic (exact) mass is 385 g/mol. The van der Waals surface area contributed by atoms with Crippen molar-refractivity contribution in [3.05, 3.63) is 30.1 Å². The van der Waals surface area contributed by atoms with Crippen LogP contribution in [0.2, 0.25) is 0 Å². The number of nitrogens with zero attached hydrogens (tertiary/aromatic N) is 2. The lowest BCUT2D eigenvalue weighted by Crippen LogP contribution is -2.30. The van der Waals surface area contributed by atoms with E-state index in [-0.39, 0.29) is 12.6 Å². The Morgan fingerprint density at radius 1 is 1.35 bits per heavy atom. The van der Waals surface area contributed by atoms with Crippen LogP contribution in [-0.2, 0) is 9.30 Å². The Bertz CT molecular complexity index is 784. The van der Waals surface area contributed by atoms with E-state index in [2.05, 4.69) is 25.6 Å². The van der Waals surface area contributed by atoms with Gasteiger partial charge in [-0.25, -0.2) is 9.89 Å². The van der Waals surface area contributed by atoms with E-state index < -0.39 is 19.4 Å². The third-order valence-corrected chi connectivity index (χ3v) is 4.94. The molecule has 0 radical (unpaired) electrons. The van der Waals surface area contributed by atoms with Crippen molar-refractivity contribution in [1.29, 1.82) is 0 Å². The fraction of sp³-hybridized carbons (Fsp3) is 0.357. The molecule has 2 rings (SSSR count). The fourth-order valence-electron chi connectivity index (χ4n) is 2.16. The van der Waals surface area contributed by atoms with Crippen molar-refractivity contribution in [3.63, 3.8) is 0 Å². The Morgan fingerprint density at radius 2 is 2.08 bits per heavy atom. The first-order chi connectivity index (χ1) is 12.4. The molecule has 142 valence electrons. The maximum absolute atomic E-state index is 12.9. The number of methoxy groups -OCH3 is 2. The van der Waals surface area contributed by atoms with Crippen LogP contribution in [0.15, 0.2) is 24.5 Å². The first-order valence-corrected chi connectivity index (χ1v) is 9.25. The molecule has 2 atom stereocenters. The Hall–Kier alpha value is -2.78. The molecular weight excluding hydrogens is 365 g/mol. The molecule has 0 fully saturated rings. The normalized spacial score (nSPS) is 14.0. The molecule has 4 N–H and O–H groups in total. The number of carbonyl (C=O) groups excluding carboxylic acids is 1. The summed E-state index contributed by atoms with van der Waals surface area (Å²) in [4.78, 5) is 26.1. The van der Waals surface area contributed by atoms with E-state index >= 15 is 0 Å². The molecule has 1 aromatic heterocycles. The van der Waals surface area contributed by atoms with E-state index in [0.717, 1.165) is 0 Å². The van der Waals surface area contributed by atoms with Crippen molar-refractivity contribution in [2.24, 2.45) is 0 Å². The minimum Gasteiger partial charge on any atom is -0.493 e. The maximum Gasteiger partial charge on any atom is 0.408 e. The van der Waals surface area contributed by atoms with Crippen molar-refractivity contribution in [2.75, 3.05) is 25.9 Å². The predicted molar refractivity (Wildman–Crippen MR) is 92.3 cm³/mol. The van der Waals surface area contributed by atoms with Crippen LogP contribution in [0.4, 0.5) is 10.7 Å². The zero-order chi connectivity index (χ0) is 19.2. The molecule has 0 saturated heterocycles. The Labute approximate surface area is 149 Å². The summed E-state index contributed by atoms with van der Waals surface area (Å²) in [5.41, 5.74) is 0.300. The van der Waals surface area contributed by atoms with Crippen molar-refractivity contribution in [3.8, 4) is 11.5 Å². The number of aromatic amines is 1. The van der Waals surface area contributed by atoms with Crippen molar-refractivity contribution in [1.82, 2.24) is 20.5 Å². The van der Waals surface area contributed by atoms with Crippen LogP contribution in [-0.4, -0.2) is 47.0 Å². The van der Waals surface area contributed by atoms with Gasteiger partial charge in [0, 0.05) is 0 Å². The summed E-state index contributed by atoms with van der Waals surface area (Å²) in [5, 5.41) is 10.8. The number of anilines is 1. The van der Waals surface area contributed by atoms with Crippen molar-refractivity contribution >= 4 is 19.6 Å². The standard InChI is InChI=1S/C14H20N5O6P/c1-4-25-14(20)17-12(26(21,22)19-13-15-8-16-18-13)9-5-6-10(23-2)11(7-9)24-3/h5-8,12H,4H2,1-3H3,(H,17,20)(H3,15,16,18,19,21,22)/t12-/m1/s1. The second kappa shape index (κ2) is 8.54. The lowest BCUT2D eigenvalue weighted by molar-refractivity contribution is 0.150. The summed E-state index contributed by atoms with van der Waals surface area (Å²) in [6, 6.07) is 4.58. The first-order valence-electron chi connectivity index (χ1n) is 7.52. The third kappa shape index (κ3) is 4.64. The van der Waals surface area contributed by atoms with E-state index in [1.54, 1.807) is 13.0 Å². The number of H-pyrrole nitrogens is 1. The second-order valence-corrected chi connectivity index (χ2v) is 6.94. The molecule has 2 aromatic rings. The van der Waals surface area contributed by atoms with Crippen LogP contribution in [0, 0.1) is 0 Å². The maximum atomic E-state index is 12.9. The SMILES string of the molecule is CCOC(=O)N[C@@H](c1ccc(OC)c(OC)c1)P(=O)(O)Nc1ncn[nH]1. The second-order valence-electron chi connectivity index (χ2n) is 4.95. The zero-order valence-electron chi connectivity index (χ0n) is 14.4. The molecule has 12 heteroatoms. The van der Waals surface area contributed by atoms with Gasteiger partial charge >= 0.3 is 13.6 Å². The molecule has 1 heterocycles. The van der Waals surface area contributed by atoms with E-state index in [0.29, 0.717) is 17.1 Å². The number of aromatic nitrogens is 3. The van der Waals surface area contributed by atoms with E-state index in [1.807, 2.05) is 0 Å². The summed E-state index contributed by atoms with van der Waals surface area (Å²) >= 11 is 0. The topological polar surface area (TPSA) is 148 Å². The van der Waals surface area contributed by atoms with Crippen LogP contribution in [0.25, 0.3) is 0 Å². The zero-order valence-corrected chi connectivity index (χ0v) is 15.3. The molecule has 11 nitrogen and oxygen atoms in total. The average molecular weight is 385 g/mol. The van der Waals surface area contributed by atoms with Gasteiger partial charge in [-0.15, -0.1) is 0 Å². The number of benzene rings is 1. The van der Waals surface area contributed by atoms with Gasteiger partial charge in [-0.3, -0.25) is 9.65 Å². The molecule has 0 saturated carbocycles. The summed E-state index contributed by atoms with van der Waals surface area (Å²) in [6.45, 7) is 1.73. The minimum absolute atomic E-state index is 0.0213. The third-order valence-electron chi connectivity index (χ3n) is 3.28. The number of hydrogen-bond acceptors (Lipinski definition) is 7. The lowest BCUT2D eigenvalue weighted by atomic mass is 10.2. The molecule has 1 aromatic carbocycles. The van der Waals surface area contributed by atoms with Crippen LogP contribution in [0.5, 0.6) is 11.5 Å². The molecule has 0 aliphatic heterocycles. The van der Waals surface area contributed by atoms with Gasteiger partial charge in [0.25, 0.3) is 0 Å². The van der Waals surface area contributed by atoms with Crippen molar-refractivity contribution in [2.45, 2.75) is 12.7 Å². The highest BCUT2D eigenvalue weighted by molar-refractivity contribution is 7.59. The molecule has 0 bridgehead atoms. The molecule has 0 spiro atoms. The number of nitrogens with one attached hydrogen (secondary N) is 3. The number of rotatable bonds is 8. The van der Waals surface area contributed by atoms with Crippen molar-refractivity contribution < 1.29 is 28.5 Å². The van der Waals surface area contributed by atoms with Gasteiger partial charge in [0.1, 0.15) is 6.33 Å². The summed E-state index contributed by atoms with van der Waals surface area (Å²) in [7, 11) is -1.34. The fourth-order valence-corrected chi connectivity index (χ4v) is 3.54. The quantitative estimate of drug-likeness (QED) is 0.500. The highest BCUT2D eigenvalue weighted by atomic mass is 31.2. The molecule has 1 amide bonds. The summed E-state index contributed by atoms with van der Waals surface area (Å²) in [5.74, 6) is -0.596. The van der Waals surface area contributed by atoms with Crippen LogP contribution in [0.3, 0.4) is 0 Å². The van der Waals surface area contributed by atoms with Gasteiger partial charge < -0.3 is 24.4 Å². The molecule has 0 aliphatic carbocycles. The molecule has 1 unspecified atom stereocenters. The largest absolute Gasteiger partial charge is 0.493 e. The Morgan fingerprint density at radius 3 is 2.65 bits per heavy atom. The lowest BCUT2D eigenvalue weighted by Gasteiger charge is -2.25. The molecule has 0 aliphatic rings. The first kappa shape index (κ1) is 19.5. The predicted octanol–water partition coefficient (Wildman–Crippen LogP) is 1.86. The van der Waals surface area contributed by atoms with Gasteiger partial charge in [0.05, 0.1) is 20.8 Å². The van der Waals surface area contributed by atoms with Gasteiger partial charge in [0.2, 0.25) is 5.95 Å². The smallest absolute Gasteiger partial charge is 0.408 e. The van der Waals surface area contributed by atoms with E-state index in [4.69, 9.17) is 14.2 Å². The number of hydrogen-bond donors (Lipinski definition) is 4. The van der Waals surface area contributed by atoms with E-state index in [1.165, 1.54) is 32.7 Å². The minimum atomic E-state index is -4.24. The van der Waals surface area contributed by atoms with Gasteiger partial charge in [0.15, 0.2) is 17.3 Å². The van der Waals surface area contributed by atoms with E-state index in [9.17, 15) is 14.3 Å². The Balaban J connectivity index is 2.40. The average Bonchev–Trinajstić information content (AvgIpc) is 3.11. The van der Waals surface area contributed by atoms with Crippen LogP contribution >= 0.6 is 7.52 Å². The number of ether oxygens (including phenoxy) is 3. The van der Waals surface area contributed by atoms with Gasteiger partial charge in [-0.05, 0) is 24.6 Å². The van der Waals surface area contributed by atoms with Gasteiger partial charge in [-0.2, -0.15) is 10.1 Å². The van der Waals surface area contributed by atoms with Crippen LogP contribution in [0.1, 0.15) is 18.3 Å². The highest BCUT2D eigenvalue weighted by Crippen LogP contribution is 2.53. The summed E-state index contributed by atoms with van der Waals surface area (Å²) < 4.78 is 28.1. The Kier molecular flexibility index (Phi) is 6.42. The number of amides is 1. The highest BCUT2D eigenvalue weighted by Gasteiger charge is 2.36. The van der Waals surface area contributed by atoms with Gasteiger partial charge in [-0.1, -0.05) is 6.07 Å². The molecular formula is C14H20N5O6P. The number of carbonyl (C=O) groups is 1. The number of alkyl carbamates (subject to hydrolysis) is 1.